The van der Waals surface area contributed by atoms with Crippen LogP contribution in [-0.2, 0) is 4.79 Å². The summed E-state index contributed by atoms with van der Waals surface area (Å²) in [5.74, 6) is 1.39. The third kappa shape index (κ3) is 4.71. The Morgan fingerprint density at radius 3 is 2.74 bits per heavy atom. The van der Waals surface area contributed by atoms with Crippen LogP contribution in [0.25, 0.3) is 10.9 Å². The van der Waals surface area contributed by atoms with Gasteiger partial charge in [0.15, 0.2) is 18.1 Å². The van der Waals surface area contributed by atoms with Crippen molar-refractivity contribution in [1.82, 2.24) is 14.9 Å². The number of carbonyl (C=O) groups excluding carboxylic acids is 1. The Bertz CT molecular complexity index is 1130. The Labute approximate surface area is 181 Å². The van der Waals surface area contributed by atoms with Crippen LogP contribution in [0.15, 0.2) is 47.4 Å². The summed E-state index contributed by atoms with van der Waals surface area (Å²) in [4.78, 5) is 34.1. The van der Waals surface area contributed by atoms with Crippen molar-refractivity contribution in [2.45, 2.75) is 32.6 Å². The fourth-order valence-electron chi connectivity index (χ4n) is 4.00. The summed E-state index contributed by atoms with van der Waals surface area (Å²) < 4.78 is 11.4. The van der Waals surface area contributed by atoms with E-state index < -0.39 is 0 Å². The number of nitrogens with zero attached hydrogens (tertiary/aromatic N) is 2. The number of amides is 1. The first kappa shape index (κ1) is 20.9. The van der Waals surface area contributed by atoms with Gasteiger partial charge in [-0.15, -0.1) is 0 Å². The van der Waals surface area contributed by atoms with Crippen LogP contribution in [0.2, 0.25) is 0 Å². The molecule has 7 heteroatoms. The number of aryl methyl sites for hydroxylation is 1. The number of carbonyl (C=O) groups is 1. The number of fused-ring (bicyclic) bond motifs is 1. The molecule has 0 atom stereocenters. The standard InChI is InChI=1S/C24H27N3O4/c1-3-30-22-13-16(2)6-7-21(22)31-15-23(28)27-11-8-17(9-12-27)19-14-20-18(24(29)26-19)5-4-10-25-20/h4-7,10,13-14,17H,3,8-9,11-12,15H2,1-2H3,(H,26,29). The lowest BCUT2D eigenvalue weighted by molar-refractivity contribution is -0.134. The van der Waals surface area contributed by atoms with Crippen LogP contribution in [-0.4, -0.2) is 47.1 Å². The van der Waals surface area contributed by atoms with E-state index in [2.05, 4.69) is 9.97 Å². The molecular formula is C24H27N3O4. The predicted molar refractivity (Wildman–Crippen MR) is 119 cm³/mol. The molecule has 7 nitrogen and oxygen atoms in total. The van der Waals surface area contributed by atoms with Crippen LogP contribution in [0.4, 0.5) is 0 Å². The molecule has 0 spiro atoms. The molecule has 0 radical (unpaired) electrons. The summed E-state index contributed by atoms with van der Waals surface area (Å²) in [6.07, 6.45) is 3.27. The second-order valence-electron chi connectivity index (χ2n) is 7.82. The monoisotopic (exact) mass is 421 g/mol. The van der Waals surface area contributed by atoms with E-state index in [4.69, 9.17) is 9.47 Å². The van der Waals surface area contributed by atoms with E-state index in [9.17, 15) is 9.59 Å². The number of nitrogens with one attached hydrogen (secondary N) is 1. The number of hydrogen-bond acceptors (Lipinski definition) is 5. The molecular weight excluding hydrogens is 394 g/mol. The topological polar surface area (TPSA) is 84.5 Å². The van der Waals surface area contributed by atoms with Gasteiger partial charge in [-0.1, -0.05) is 6.07 Å². The molecule has 3 aromatic rings. The second-order valence-corrected chi connectivity index (χ2v) is 7.82. The van der Waals surface area contributed by atoms with Crippen molar-refractivity contribution in [2.75, 3.05) is 26.3 Å². The number of benzene rings is 1. The summed E-state index contributed by atoms with van der Waals surface area (Å²) >= 11 is 0. The van der Waals surface area contributed by atoms with Gasteiger partial charge in [0.05, 0.1) is 17.5 Å². The van der Waals surface area contributed by atoms with Crippen molar-refractivity contribution in [1.29, 1.82) is 0 Å². The molecule has 1 aliphatic rings. The average molecular weight is 421 g/mol. The van der Waals surface area contributed by atoms with Crippen molar-refractivity contribution in [3.05, 3.63) is 64.2 Å². The normalized spacial score (nSPS) is 14.6. The van der Waals surface area contributed by atoms with Crippen LogP contribution >= 0.6 is 0 Å². The highest BCUT2D eigenvalue weighted by Gasteiger charge is 2.25. The van der Waals surface area contributed by atoms with Gasteiger partial charge >= 0.3 is 0 Å². The molecule has 4 rings (SSSR count). The first-order chi connectivity index (χ1) is 15.0. The predicted octanol–water partition coefficient (Wildman–Crippen LogP) is 3.42. The Hall–Kier alpha value is -3.35. The summed E-state index contributed by atoms with van der Waals surface area (Å²) in [6, 6.07) is 11.2. The van der Waals surface area contributed by atoms with Gasteiger partial charge in [-0.3, -0.25) is 14.6 Å². The quantitative estimate of drug-likeness (QED) is 0.659. The molecule has 1 aromatic carbocycles. The third-order valence-corrected chi connectivity index (χ3v) is 5.67. The maximum atomic E-state index is 12.7. The highest BCUT2D eigenvalue weighted by atomic mass is 16.5. The summed E-state index contributed by atoms with van der Waals surface area (Å²) in [5.41, 5.74) is 2.55. The van der Waals surface area contributed by atoms with E-state index in [0.29, 0.717) is 42.1 Å². The number of piperidine rings is 1. The third-order valence-electron chi connectivity index (χ3n) is 5.67. The molecule has 31 heavy (non-hydrogen) atoms. The largest absolute Gasteiger partial charge is 0.490 e. The minimum absolute atomic E-state index is 0.0233. The Morgan fingerprint density at radius 1 is 1.16 bits per heavy atom. The zero-order chi connectivity index (χ0) is 21.8. The molecule has 1 amide bonds. The van der Waals surface area contributed by atoms with Crippen LogP contribution in [0.5, 0.6) is 11.5 Å². The minimum atomic E-state index is -0.115. The number of pyridine rings is 2. The van der Waals surface area contributed by atoms with E-state index in [-0.39, 0.29) is 24.0 Å². The Morgan fingerprint density at radius 2 is 1.97 bits per heavy atom. The van der Waals surface area contributed by atoms with Gasteiger partial charge in [0.25, 0.3) is 11.5 Å². The second kappa shape index (κ2) is 9.20. The van der Waals surface area contributed by atoms with Crippen LogP contribution in [0.1, 0.15) is 36.9 Å². The van der Waals surface area contributed by atoms with Gasteiger partial charge < -0.3 is 19.4 Å². The van der Waals surface area contributed by atoms with E-state index in [1.54, 1.807) is 18.3 Å². The lowest BCUT2D eigenvalue weighted by atomic mass is 9.92. The van der Waals surface area contributed by atoms with Crippen LogP contribution < -0.4 is 15.0 Å². The van der Waals surface area contributed by atoms with Gasteiger partial charge in [0.1, 0.15) is 0 Å². The Balaban J connectivity index is 1.36. The van der Waals surface area contributed by atoms with Crippen molar-refractivity contribution in [3.63, 3.8) is 0 Å². The molecule has 1 fully saturated rings. The number of aromatic amines is 1. The number of likely N-dealkylation sites (tertiary alicyclic amines) is 1. The molecule has 2 aromatic heterocycles. The zero-order valence-corrected chi connectivity index (χ0v) is 17.9. The first-order valence-corrected chi connectivity index (χ1v) is 10.7. The van der Waals surface area contributed by atoms with Gasteiger partial charge in [-0.25, -0.2) is 0 Å². The molecule has 162 valence electrons. The molecule has 0 saturated carbocycles. The maximum absolute atomic E-state index is 12.7. The van der Waals surface area contributed by atoms with Crippen molar-refractivity contribution >= 4 is 16.8 Å². The molecule has 1 saturated heterocycles. The lowest BCUT2D eigenvalue weighted by Gasteiger charge is -2.32. The lowest BCUT2D eigenvalue weighted by Crippen LogP contribution is -2.40. The molecule has 1 N–H and O–H groups in total. The highest BCUT2D eigenvalue weighted by Crippen LogP contribution is 2.29. The smallest absolute Gasteiger partial charge is 0.260 e. The van der Waals surface area contributed by atoms with E-state index in [0.717, 1.165) is 24.1 Å². The van der Waals surface area contributed by atoms with Crippen molar-refractivity contribution in [3.8, 4) is 11.5 Å². The number of aromatic nitrogens is 2. The van der Waals surface area contributed by atoms with E-state index in [1.807, 2.05) is 43.0 Å². The molecule has 1 aliphatic heterocycles. The maximum Gasteiger partial charge on any atom is 0.260 e. The fourth-order valence-corrected chi connectivity index (χ4v) is 4.00. The summed E-state index contributed by atoms with van der Waals surface area (Å²) in [5, 5.41) is 0.596. The zero-order valence-electron chi connectivity index (χ0n) is 17.9. The van der Waals surface area contributed by atoms with Gasteiger partial charge in [-0.05, 0) is 62.6 Å². The van der Waals surface area contributed by atoms with Crippen molar-refractivity contribution < 1.29 is 14.3 Å². The fraction of sp³-hybridized carbons (Fsp3) is 0.375. The number of ether oxygens (including phenoxy) is 2. The van der Waals surface area contributed by atoms with Crippen LogP contribution in [0.3, 0.4) is 0 Å². The SMILES string of the molecule is CCOc1cc(C)ccc1OCC(=O)N1CCC(c2cc3ncccc3c(=O)[nH]2)CC1. The first-order valence-electron chi connectivity index (χ1n) is 10.7. The van der Waals surface area contributed by atoms with Gasteiger partial charge in [-0.2, -0.15) is 0 Å². The minimum Gasteiger partial charge on any atom is -0.490 e. The summed E-state index contributed by atoms with van der Waals surface area (Å²) in [6.45, 7) is 5.67. The highest BCUT2D eigenvalue weighted by molar-refractivity contribution is 5.78. The van der Waals surface area contributed by atoms with Crippen molar-refractivity contribution in [2.24, 2.45) is 0 Å². The average Bonchev–Trinajstić information content (AvgIpc) is 2.79. The van der Waals surface area contributed by atoms with Gasteiger partial charge in [0, 0.05) is 30.9 Å². The number of rotatable bonds is 6. The Kier molecular flexibility index (Phi) is 6.21. The van der Waals surface area contributed by atoms with E-state index in [1.165, 1.54) is 0 Å². The molecule has 0 unspecified atom stereocenters. The van der Waals surface area contributed by atoms with E-state index >= 15 is 0 Å². The molecule has 0 bridgehead atoms. The van der Waals surface area contributed by atoms with Gasteiger partial charge in [0.2, 0.25) is 0 Å². The number of H-pyrrole nitrogens is 1. The molecule has 0 aliphatic carbocycles. The van der Waals surface area contributed by atoms with Crippen LogP contribution in [0, 0.1) is 6.92 Å². The number of hydrogen-bond donors (Lipinski definition) is 1. The summed E-state index contributed by atoms with van der Waals surface area (Å²) in [7, 11) is 0. The molecule has 3 heterocycles.